The van der Waals surface area contributed by atoms with Gasteiger partial charge < -0.3 is 14.0 Å². The van der Waals surface area contributed by atoms with Crippen molar-refractivity contribution in [2.45, 2.75) is 51.5 Å². The van der Waals surface area contributed by atoms with E-state index in [0.717, 1.165) is 0 Å². The fraction of sp³-hybridized carbons (Fsp3) is 0.556. The first-order chi connectivity index (χ1) is 12.8. The van der Waals surface area contributed by atoms with Gasteiger partial charge >= 0.3 is 13.3 Å². The highest BCUT2D eigenvalue weighted by atomic mass is 35.5. The van der Waals surface area contributed by atoms with E-state index >= 15 is 4.39 Å². The summed E-state index contributed by atoms with van der Waals surface area (Å²) >= 11 is 12.4. The predicted molar refractivity (Wildman–Crippen MR) is 102 cm³/mol. The van der Waals surface area contributed by atoms with Crippen molar-refractivity contribution in [2.24, 2.45) is 0 Å². The standard InChI is InChI=1S/C18H21BCl2F4O3/c1-16(2)17(3,4)28-19(27-16)15(22)11(8-9-26-10-18(23,24)25)14-12(20)6-5-7-13(14)21/h5-7H,8-10H2,1-4H3. The van der Waals surface area contributed by atoms with Crippen LogP contribution < -0.4 is 0 Å². The Morgan fingerprint density at radius 2 is 1.57 bits per heavy atom. The molecule has 0 atom stereocenters. The van der Waals surface area contributed by atoms with Gasteiger partial charge in [-0.3, -0.25) is 0 Å². The molecule has 0 spiro atoms. The predicted octanol–water partition coefficient (Wildman–Crippen LogP) is 6.27. The van der Waals surface area contributed by atoms with Crippen molar-refractivity contribution in [3.8, 4) is 0 Å². The Hall–Kier alpha value is -0.795. The minimum atomic E-state index is -4.48. The Morgan fingerprint density at radius 1 is 1.07 bits per heavy atom. The molecule has 0 radical (unpaired) electrons. The Morgan fingerprint density at radius 3 is 2.04 bits per heavy atom. The van der Waals surface area contributed by atoms with Crippen LogP contribution in [0.1, 0.15) is 39.7 Å². The molecule has 1 saturated heterocycles. The van der Waals surface area contributed by atoms with Crippen molar-refractivity contribution in [1.29, 1.82) is 0 Å². The van der Waals surface area contributed by atoms with E-state index < -0.39 is 36.8 Å². The third kappa shape index (κ3) is 5.42. The molecule has 1 aromatic rings. The average molecular weight is 443 g/mol. The molecule has 2 rings (SSSR count). The van der Waals surface area contributed by atoms with Crippen LogP contribution >= 0.6 is 23.2 Å². The van der Waals surface area contributed by atoms with E-state index in [2.05, 4.69) is 4.74 Å². The topological polar surface area (TPSA) is 27.7 Å². The second-order valence-corrected chi connectivity index (χ2v) is 8.24. The summed E-state index contributed by atoms with van der Waals surface area (Å²) in [6.07, 6.45) is -4.67. The van der Waals surface area contributed by atoms with Crippen LogP contribution in [0.2, 0.25) is 10.0 Å². The molecule has 0 amide bonds. The molecule has 0 aliphatic carbocycles. The third-order valence-corrected chi connectivity index (χ3v) is 5.41. The van der Waals surface area contributed by atoms with Gasteiger partial charge in [0.2, 0.25) is 0 Å². The molecule has 28 heavy (non-hydrogen) atoms. The summed E-state index contributed by atoms with van der Waals surface area (Å²) < 4.78 is 68.4. The van der Waals surface area contributed by atoms with Crippen LogP contribution in [0.15, 0.2) is 23.9 Å². The van der Waals surface area contributed by atoms with Crippen LogP contribution in [0.3, 0.4) is 0 Å². The molecule has 10 heteroatoms. The lowest BCUT2D eigenvalue weighted by Crippen LogP contribution is -2.41. The van der Waals surface area contributed by atoms with Crippen LogP contribution in [-0.2, 0) is 14.0 Å². The van der Waals surface area contributed by atoms with Gasteiger partial charge in [0.05, 0.1) is 17.8 Å². The van der Waals surface area contributed by atoms with Crippen LogP contribution in [0.4, 0.5) is 17.6 Å². The van der Waals surface area contributed by atoms with Crippen LogP contribution in [-0.4, -0.2) is 37.7 Å². The summed E-state index contributed by atoms with van der Waals surface area (Å²) in [5.74, 6) is 0. The minimum absolute atomic E-state index is 0.0173. The third-order valence-electron chi connectivity index (χ3n) is 4.78. The Labute approximate surface area is 172 Å². The molecular formula is C18H21BCl2F4O3. The number of ether oxygens (including phenoxy) is 1. The Bertz CT molecular complexity index is 715. The van der Waals surface area contributed by atoms with Crippen molar-refractivity contribution in [1.82, 2.24) is 0 Å². The summed E-state index contributed by atoms with van der Waals surface area (Å²) in [6, 6.07) is 4.60. The van der Waals surface area contributed by atoms with Crippen molar-refractivity contribution < 1.29 is 31.6 Å². The van der Waals surface area contributed by atoms with E-state index in [1.807, 2.05) is 0 Å². The molecule has 1 fully saturated rings. The average Bonchev–Trinajstić information content (AvgIpc) is 2.75. The SMILES string of the molecule is CC1(C)OB(C(F)=C(CCOCC(F)(F)F)c2c(Cl)cccc2Cl)OC1(C)C. The monoisotopic (exact) mass is 442 g/mol. The molecule has 1 aromatic carbocycles. The number of halogens is 6. The van der Waals surface area contributed by atoms with Crippen LogP contribution in [0.5, 0.6) is 0 Å². The van der Waals surface area contributed by atoms with Gasteiger partial charge in [0.1, 0.15) is 12.3 Å². The maximum Gasteiger partial charge on any atom is 0.525 e. The van der Waals surface area contributed by atoms with Gasteiger partial charge in [-0.15, -0.1) is 0 Å². The lowest BCUT2D eigenvalue weighted by molar-refractivity contribution is -0.173. The Balaban J connectivity index is 2.36. The molecule has 0 N–H and O–H groups in total. The summed E-state index contributed by atoms with van der Waals surface area (Å²) in [6.45, 7) is 5.21. The summed E-state index contributed by atoms with van der Waals surface area (Å²) in [5.41, 5.74) is -2.23. The lowest BCUT2D eigenvalue weighted by atomic mass is 9.81. The van der Waals surface area contributed by atoms with E-state index in [9.17, 15) is 13.2 Å². The number of hydrogen-bond acceptors (Lipinski definition) is 3. The van der Waals surface area contributed by atoms with Gasteiger partial charge in [0, 0.05) is 15.6 Å². The molecule has 1 aliphatic rings. The van der Waals surface area contributed by atoms with Crippen molar-refractivity contribution in [2.75, 3.05) is 13.2 Å². The molecule has 3 nitrogen and oxygen atoms in total. The maximum absolute atomic E-state index is 15.4. The van der Waals surface area contributed by atoms with Gasteiger partial charge in [-0.25, -0.2) is 4.39 Å². The highest BCUT2D eigenvalue weighted by molar-refractivity contribution is 6.55. The lowest BCUT2D eigenvalue weighted by Gasteiger charge is -2.32. The van der Waals surface area contributed by atoms with Crippen molar-refractivity contribution in [3.05, 3.63) is 39.5 Å². The molecule has 0 saturated carbocycles. The minimum Gasteiger partial charge on any atom is -0.398 e. The number of rotatable bonds is 6. The first kappa shape index (κ1) is 23.5. The van der Waals surface area contributed by atoms with E-state index in [4.69, 9.17) is 32.5 Å². The molecule has 1 heterocycles. The van der Waals surface area contributed by atoms with E-state index in [1.54, 1.807) is 33.8 Å². The number of alkyl halides is 3. The summed E-state index contributed by atoms with van der Waals surface area (Å²) in [5, 5.41) is 0.315. The second-order valence-electron chi connectivity index (χ2n) is 7.43. The van der Waals surface area contributed by atoms with Gasteiger partial charge in [-0.2, -0.15) is 13.2 Å². The second kappa shape index (κ2) is 8.52. The first-order valence-electron chi connectivity index (χ1n) is 8.58. The Kier molecular flexibility index (Phi) is 7.15. The quantitative estimate of drug-likeness (QED) is 0.295. The fourth-order valence-corrected chi connectivity index (χ4v) is 3.23. The van der Waals surface area contributed by atoms with Gasteiger partial charge in [0.15, 0.2) is 0 Å². The smallest absolute Gasteiger partial charge is 0.398 e. The van der Waals surface area contributed by atoms with Crippen molar-refractivity contribution >= 4 is 35.9 Å². The van der Waals surface area contributed by atoms with Crippen LogP contribution in [0, 0.1) is 0 Å². The van der Waals surface area contributed by atoms with Crippen molar-refractivity contribution in [3.63, 3.8) is 0 Å². The summed E-state index contributed by atoms with van der Waals surface area (Å²) in [7, 11) is -1.34. The van der Waals surface area contributed by atoms with E-state index in [0.29, 0.717) is 0 Å². The van der Waals surface area contributed by atoms with Gasteiger partial charge in [-0.1, -0.05) is 29.3 Å². The zero-order chi connectivity index (χ0) is 21.3. The van der Waals surface area contributed by atoms with Gasteiger partial charge in [0.25, 0.3) is 0 Å². The zero-order valence-electron chi connectivity index (χ0n) is 15.9. The van der Waals surface area contributed by atoms with E-state index in [-0.39, 0.29) is 34.2 Å². The highest BCUT2D eigenvalue weighted by Crippen LogP contribution is 2.42. The largest absolute Gasteiger partial charge is 0.525 e. The molecule has 0 aromatic heterocycles. The number of hydrogen-bond donors (Lipinski definition) is 0. The van der Waals surface area contributed by atoms with Crippen LogP contribution in [0.25, 0.3) is 5.57 Å². The molecule has 0 bridgehead atoms. The van der Waals surface area contributed by atoms with E-state index in [1.165, 1.54) is 12.1 Å². The zero-order valence-corrected chi connectivity index (χ0v) is 17.4. The fourth-order valence-electron chi connectivity index (χ4n) is 2.60. The molecular weight excluding hydrogens is 422 g/mol. The highest BCUT2D eigenvalue weighted by Gasteiger charge is 2.53. The normalized spacial score (nSPS) is 19.7. The van der Waals surface area contributed by atoms with Gasteiger partial charge in [-0.05, 0) is 51.8 Å². The number of benzene rings is 1. The maximum atomic E-state index is 15.4. The summed E-state index contributed by atoms with van der Waals surface area (Å²) in [4.78, 5) is 0. The molecule has 0 unspecified atom stereocenters. The molecule has 156 valence electrons. The molecule has 1 aliphatic heterocycles. The first-order valence-corrected chi connectivity index (χ1v) is 9.34.